The minimum atomic E-state index is -2.32. The van der Waals surface area contributed by atoms with Gasteiger partial charge in [0.15, 0.2) is 5.78 Å². The van der Waals surface area contributed by atoms with Crippen LogP contribution in [0.1, 0.15) is 79.6 Å². The topological polar surface area (TPSA) is 160 Å². The number of ketones is 2. The summed E-state index contributed by atoms with van der Waals surface area (Å²) in [5, 5.41) is 31.5. The summed E-state index contributed by atoms with van der Waals surface area (Å²) in [7, 11) is 2.81. The highest BCUT2D eigenvalue weighted by atomic mass is 16.6. The fraction of sp³-hybridized carbons (Fsp3) is 0.667. The molecule has 2 aliphatic heterocycles. The van der Waals surface area contributed by atoms with Crippen molar-refractivity contribution in [2.24, 2.45) is 17.8 Å². The van der Waals surface area contributed by atoms with E-state index in [-0.39, 0.29) is 18.6 Å². The molecule has 0 aromatic carbocycles. The molecular formula is C36H55NO10. The zero-order valence-corrected chi connectivity index (χ0v) is 29.0. The average Bonchev–Trinajstić information content (AvgIpc) is 3.06. The number of allylic oxidation sites excluding steroid dienone is 5. The first-order valence-corrected chi connectivity index (χ1v) is 16.5. The molecule has 2 fully saturated rings. The van der Waals surface area contributed by atoms with Crippen LogP contribution in [0.3, 0.4) is 0 Å². The molecule has 0 aliphatic carbocycles. The highest BCUT2D eigenvalue weighted by Crippen LogP contribution is 2.36. The Morgan fingerprint density at radius 2 is 1.70 bits per heavy atom. The predicted molar refractivity (Wildman–Crippen MR) is 177 cm³/mol. The highest BCUT2D eigenvalue weighted by molar-refractivity contribution is 6.39. The van der Waals surface area contributed by atoms with E-state index in [1.54, 1.807) is 27.9 Å². The highest BCUT2D eigenvalue weighted by Gasteiger charge is 2.52. The van der Waals surface area contributed by atoms with Gasteiger partial charge >= 0.3 is 5.97 Å². The van der Waals surface area contributed by atoms with Crippen LogP contribution in [0.15, 0.2) is 48.1 Å². The molecule has 0 aromatic rings. The van der Waals surface area contributed by atoms with Crippen LogP contribution in [0.2, 0.25) is 0 Å². The van der Waals surface area contributed by atoms with Gasteiger partial charge in [-0.15, -0.1) is 0 Å². The molecule has 0 saturated carbocycles. The molecule has 264 valence electrons. The molecule has 1 amide bonds. The number of aliphatic hydroxyl groups is 3. The molecule has 0 spiro atoms. The van der Waals surface area contributed by atoms with E-state index in [2.05, 4.69) is 6.58 Å². The van der Waals surface area contributed by atoms with Gasteiger partial charge < -0.3 is 34.4 Å². The van der Waals surface area contributed by atoms with E-state index in [1.807, 2.05) is 44.2 Å². The van der Waals surface area contributed by atoms with E-state index in [1.165, 1.54) is 12.0 Å². The number of rotatable bonds is 16. The van der Waals surface area contributed by atoms with E-state index < -0.39 is 65.4 Å². The second kappa shape index (κ2) is 18.5. The number of aliphatic hydroxyl groups excluding tert-OH is 2. The fourth-order valence-electron chi connectivity index (χ4n) is 6.15. The third-order valence-corrected chi connectivity index (χ3v) is 9.29. The third-order valence-electron chi connectivity index (χ3n) is 9.29. The molecule has 2 heterocycles. The lowest BCUT2D eigenvalue weighted by molar-refractivity contribution is -0.265. The van der Waals surface area contributed by atoms with Crippen LogP contribution in [-0.4, -0.2) is 101 Å². The van der Waals surface area contributed by atoms with E-state index >= 15 is 0 Å². The van der Waals surface area contributed by atoms with Crippen LogP contribution < -0.4 is 0 Å². The monoisotopic (exact) mass is 661 g/mol. The van der Waals surface area contributed by atoms with Crippen LogP contribution in [-0.2, 0) is 33.4 Å². The van der Waals surface area contributed by atoms with Gasteiger partial charge in [-0.1, -0.05) is 57.7 Å². The molecule has 0 radical (unpaired) electrons. The lowest BCUT2D eigenvalue weighted by atomic mass is 9.85. The maximum absolute atomic E-state index is 13.4. The number of hydrogen-bond donors (Lipinski definition) is 3. The first kappa shape index (κ1) is 40.2. The van der Waals surface area contributed by atoms with Crippen molar-refractivity contribution in [3.8, 4) is 0 Å². The van der Waals surface area contributed by atoms with Gasteiger partial charge in [0.1, 0.15) is 18.2 Å². The summed E-state index contributed by atoms with van der Waals surface area (Å²) in [6.45, 7) is 12.6. The molecule has 2 saturated heterocycles. The van der Waals surface area contributed by atoms with Crippen molar-refractivity contribution in [1.82, 2.24) is 4.90 Å². The van der Waals surface area contributed by atoms with Crippen molar-refractivity contribution in [3.63, 3.8) is 0 Å². The molecule has 0 unspecified atom stereocenters. The minimum Gasteiger partial charge on any atom is -0.467 e. The normalized spacial score (nSPS) is 27.2. The number of piperidine rings is 1. The SMILES string of the molecule is C=C(C)[C@@H](O)[C@@H](O)C(=O)[C@H](C)C[C@H](C)/C=C/C=C/C=C(\C)[C@H](C[C@@H]1CC[C@@H](C)[C@](O)(C(=O)C(=O)N2CCCC[C@H]2C(=O)OC)O1)OC. The van der Waals surface area contributed by atoms with Crippen LogP contribution in [0, 0.1) is 17.8 Å². The smallest absolute Gasteiger partial charge is 0.328 e. The lowest BCUT2D eigenvalue weighted by Gasteiger charge is -2.42. The summed E-state index contributed by atoms with van der Waals surface area (Å²) >= 11 is 0. The van der Waals surface area contributed by atoms with Gasteiger partial charge in [-0.25, -0.2) is 4.79 Å². The van der Waals surface area contributed by atoms with Crippen molar-refractivity contribution in [1.29, 1.82) is 0 Å². The molecule has 11 heteroatoms. The number of nitrogens with zero attached hydrogens (tertiary/aromatic N) is 1. The number of amides is 1. The second-order valence-corrected chi connectivity index (χ2v) is 13.2. The predicted octanol–water partition coefficient (Wildman–Crippen LogP) is 3.61. The Kier molecular flexibility index (Phi) is 15.9. The van der Waals surface area contributed by atoms with Crippen LogP contribution in [0.25, 0.3) is 0 Å². The Balaban J connectivity index is 2.00. The van der Waals surface area contributed by atoms with E-state index in [4.69, 9.17) is 14.2 Å². The first-order chi connectivity index (χ1) is 22.1. The molecule has 47 heavy (non-hydrogen) atoms. The third kappa shape index (κ3) is 10.8. The summed E-state index contributed by atoms with van der Waals surface area (Å²) < 4.78 is 16.5. The summed E-state index contributed by atoms with van der Waals surface area (Å²) in [5.41, 5.74) is 1.22. The Hall–Kier alpha value is -2.96. The van der Waals surface area contributed by atoms with Crippen molar-refractivity contribution in [2.45, 2.75) is 116 Å². The number of carbonyl (C=O) groups is 4. The zero-order chi connectivity index (χ0) is 35.5. The van der Waals surface area contributed by atoms with E-state index in [0.717, 1.165) is 12.0 Å². The van der Waals surface area contributed by atoms with Crippen molar-refractivity contribution in [3.05, 3.63) is 48.1 Å². The van der Waals surface area contributed by atoms with Crippen LogP contribution >= 0.6 is 0 Å². The van der Waals surface area contributed by atoms with Crippen LogP contribution in [0.5, 0.6) is 0 Å². The summed E-state index contributed by atoms with van der Waals surface area (Å²) in [6, 6.07) is -0.867. The number of carbonyl (C=O) groups excluding carboxylic acids is 4. The largest absolute Gasteiger partial charge is 0.467 e. The fourth-order valence-corrected chi connectivity index (χ4v) is 6.15. The minimum absolute atomic E-state index is 0.0463. The average molecular weight is 662 g/mol. The van der Waals surface area contributed by atoms with Crippen LogP contribution in [0.4, 0.5) is 0 Å². The molecule has 0 bridgehead atoms. The maximum atomic E-state index is 13.4. The number of esters is 1. The van der Waals surface area contributed by atoms with Gasteiger partial charge in [-0.05, 0) is 69.4 Å². The van der Waals surface area contributed by atoms with Gasteiger partial charge in [0.05, 0.1) is 19.3 Å². The molecule has 2 rings (SSSR count). The summed E-state index contributed by atoms with van der Waals surface area (Å²) in [5.74, 6) is -6.36. The van der Waals surface area contributed by atoms with Crippen molar-refractivity contribution >= 4 is 23.4 Å². The summed E-state index contributed by atoms with van der Waals surface area (Å²) in [4.78, 5) is 52.6. The zero-order valence-electron chi connectivity index (χ0n) is 29.0. The molecule has 3 N–H and O–H groups in total. The number of hydrogen-bond acceptors (Lipinski definition) is 10. The standard InChI is InChI=1S/C36H55NO10/c1-22(2)30(38)32(40)31(39)25(5)20-23(3)14-10-9-11-15-24(4)29(45-7)21-27-18-17-26(6)36(44,47-27)33(41)34(42)37-19-13-12-16-28(37)35(43)46-8/h9-11,14-15,23,25-30,32,38,40,44H,1,12-13,16-21H2,2-8H3/b11-9+,14-10+,24-15+/t23-,25-,26-,27+,28+,29+,30-,32-,36-/m1/s1. The van der Waals surface area contributed by atoms with Gasteiger partial charge in [0, 0.05) is 31.9 Å². The molecular weight excluding hydrogens is 606 g/mol. The Bertz CT molecular complexity index is 1210. The lowest BCUT2D eigenvalue weighted by Crippen LogP contribution is -2.60. The second-order valence-electron chi connectivity index (χ2n) is 13.2. The van der Waals surface area contributed by atoms with E-state index in [9.17, 15) is 34.5 Å². The summed E-state index contributed by atoms with van der Waals surface area (Å²) in [6.07, 6.45) is 9.35. The van der Waals surface area contributed by atoms with Crippen molar-refractivity contribution in [2.75, 3.05) is 20.8 Å². The van der Waals surface area contributed by atoms with Gasteiger partial charge in [0.2, 0.25) is 5.79 Å². The number of likely N-dealkylation sites (tertiary alicyclic amines) is 1. The molecule has 11 nitrogen and oxygen atoms in total. The maximum Gasteiger partial charge on any atom is 0.328 e. The molecule has 0 aromatic heterocycles. The quantitative estimate of drug-likeness (QED) is 0.0965. The number of ether oxygens (including phenoxy) is 3. The van der Waals surface area contributed by atoms with Gasteiger partial charge in [0.25, 0.3) is 11.7 Å². The van der Waals surface area contributed by atoms with E-state index in [0.29, 0.717) is 44.1 Å². The Morgan fingerprint density at radius 3 is 2.32 bits per heavy atom. The molecule has 9 atom stereocenters. The Labute approximate surface area is 279 Å². The Morgan fingerprint density at radius 1 is 1.02 bits per heavy atom. The number of methoxy groups -OCH3 is 2. The molecule has 2 aliphatic rings. The van der Waals surface area contributed by atoms with Gasteiger partial charge in [-0.2, -0.15) is 0 Å². The number of Topliss-reactive ketones (excluding diaryl/α,β-unsaturated/α-hetero) is 2. The first-order valence-electron chi connectivity index (χ1n) is 16.5. The van der Waals surface area contributed by atoms with Crippen molar-refractivity contribution < 1.29 is 48.7 Å². The van der Waals surface area contributed by atoms with Gasteiger partial charge in [-0.3, -0.25) is 14.4 Å².